The van der Waals surface area contributed by atoms with Crippen molar-refractivity contribution in [2.75, 3.05) is 55.5 Å². The number of fused-ring (bicyclic) bond motifs is 1. The van der Waals surface area contributed by atoms with Gasteiger partial charge in [0.15, 0.2) is 0 Å². The summed E-state index contributed by atoms with van der Waals surface area (Å²) in [5.74, 6) is 7.41. The quantitative estimate of drug-likeness (QED) is 0.410. The summed E-state index contributed by atoms with van der Waals surface area (Å²) in [5.41, 5.74) is 6.52. The molecule has 2 aliphatic heterocycles. The fraction of sp³-hybridized carbons (Fsp3) is 0.355. The van der Waals surface area contributed by atoms with Gasteiger partial charge in [0.25, 0.3) is 0 Å². The number of morpholine rings is 1. The van der Waals surface area contributed by atoms with Crippen LogP contribution in [0, 0.1) is 25.7 Å². The summed E-state index contributed by atoms with van der Waals surface area (Å²) in [6, 6.07) is 9.17. The van der Waals surface area contributed by atoms with Crippen LogP contribution in [0.4, 0.5) is 17.5 Å². The molecule has 2 atom stereocenters. The van der Waals surface area contributed by atoms with E-state index in [9.17, 15) is 9.90 Å². The molecule has 1 amide bonds. The van der Waals surface area contributed by atoms with Gasteiger partial charge in [-0.05, 0) is 75.7 Å². The smallest absolute Gasteiger partial charge is 0.242 e. The number of hydrogen-bond acceptors (Lipinski definition) is 9. The molecule has 2 aromatic heterocycles. The molecule has 0 radical (unpaired) electrons. The molecule has 10 heteroatoms. The van der Waals surface area contributed by atoms with Gasteiger partial charge in [-0.25, -0.2) is 15.0 Å². The number of pyridine rings is 1. The number of nitrogens with zero attached hydrogens (tertiary/aromatic N) is 5. The Bertz CT molecular complexity index is 1530. The van der Waals surface area contributed by atoms with E-state index in [1.807, 2.05) is 51.2 Å². The molecule has 41 heavy (non-hydrogen) atoms. The lowest BCUT2D eigenvalue weighted by molar-refractivity contribution is -0.117. The molecule has 1 fully saturated rings. The number of ether oxygens (including phenoxy) is 1. The number of hydrogen-bond donors (Lipinski definition) is 3. The van der Waals surface area contributed by atoms with Crippen LogP contribution in [0.1, 0.15) is 35.1 Å². The Morgan fingerprint density at radius 3 is 2.54 bits per heavy atom. The van der Waals surface area contributed by atoms with Crippen LogP contribution in [-0.4, -0.2) is 78.6 Å². The summed E-state index contributed by atoms with van der Waals surface area (Å²) >= 11 is 0. The van der Waals surface area contributed by atoms with Crippen LogP contribution in [0.25, 0.3) is 17.2 Å². The summed E-state index contributed by atoms with van der Waals surface area (Å²) in [6.45, 7) is 8.53. The molecule has 0 aliphatic carbocycles. The van der Waals surface area contributed by atoms with Gasteiger partial charge in [-0.3, -0.25) is 4.79 Å². The molecule has 0 spiro atoms. The van der Waals surface area contributed by atoms with Crippen LogP contribution in [0.3, 0.4) is 0 Å². The minimum Gasteiger partial charge on any atom is -0.378 e. The van der Waals surface area contributed by atoms with Gasteiger partial charge < -0.3 is 30.3 Å². The van der Waals surface area contributed by atoms with Crippen molar-refractivity contribution in [2.45, 2.75) is 33.0 Å². The van der Waals surface area contributed by atoms with Gasteiger partial charge in [0.2, 0.25) is 11.9 Å². The molecule has 2 aliphatic rings. The molecule has 1 saturated heterocycles. The van der Waals surface area contributed by atoms with Crippen LogP contribution in [-0.2, 0) is 9.53 Å². The SMILES string of the molecule is CNC(C)C(=O)Nc1ccc(-c2c(C)nc(N3CCOCC3)nc2C)c(C#Cc2ccc3c(c2)C=CC(O)N3C)n1. The lowest BCUT2D eigenvalue weighted by Crippen LogP contribution is -2.37. The molecule has 212 valence electrons. The predicted octanol–water partition coefficient (Wildman–Crippen LogP) is 2.72. The third-order valence-corrected chi connectivity index (χ3v) is 7.37. The zero-order chi connectivity index (χ0) is 29.1. The Balaban J connectivity index is 1.55. The van der Waals surface area contributed by atoms with E-state index in [0.717, 1.165) is 52.4 Å². The Kier molecular flexibility index (Phi) is 8.31. The lowest BCUT2D eigenvalue weighted by Gasteiger charge is -2.28. The van der Waals surface area contributed by atoms with Crippen molar-refractivity contribution in [3.63, 3.8) is 0 Å². The van der Waals surface area contributed by atoms with Crippen LogP contribution in [0.15, 0.2) is 36.4 Å². The number of aliphatic hydroxyl groups is 1. The fourth-order valence-electron chi connectivity index (χ4n) is 4.86. The van der Waals surface area contributed by atoms with E-state index in [0.29, 0.717) is 30.7 Å². The highest BCUT2D eigenvalue weighted by Crippen LogP contribution is 2.31. The van der Waals surface area contributed by atoms with Crippen LogP contribution >= 0.6 is 0 Å². The third-order valence-electron chi connectivity index (χ3n) is 7.37. The Morgan fingerprint density at radius 2 is 1.83 bits per heavy atom. The van der Waals surface area contributed by atoms with E-state index < -0.39 is 6.23 Å². The molecule has 4 heterocycles. The summed E-state index contributed by atoms with van der Waals surface area (Å²) in [5, 5.41) is 15.9. The highest BCUT2D eigenvalue weighted by Gasteiger charge is 2.21. The van der Waals surface area contributed by atoms with Gasteiger partial charge in [-0.15, -0.1) is 0 Å². The predicted molar refractivity (Wildman–Crippen MR) is 161 cm³/mol. The van der Waals surface area contributed by atoms with Crippen molar-refractivity contribution in [2.24, 2.45) is 0 Å². The second kappa shape index (κ2) is 12.1. The van der Waals surface area contributed by atoms with E-state index >= 15 is 0 Å². The average Bonchev–Trinajstić information content (AvgIpc) is 2.98. The van der Waals surface area contributed by atoms with E-state index in [1.165, 1.54) is 0 Å². The first-order valence-corrected chi connectivity index (χ1v) is 13.7. The number of anilines is 3. The van der Waals surface area contributed by atoms with Gasteiger partial charge in [0.1, 0.15) is 17.7 Å². The molecule has 0 bridgehead atoms. The number of nitrogens with one attached hydrogen (secondary N) is 2. The van der Waals surface area contributed by atoms with Crippen molar-refractivity contribution in [3.05, 3.63) is 64.6 Å². The summed E-state index contributed by atoms with van der Waals surface area (Å²) in [7, 11) is 3.58. The number of carbonyl (C=O) groups is 1. The van der Waals surface area contributed by atoms with Gasteiger partial charge >= 0.3 is 0 Å². The number of rotatable bonds is 5. The van der Waals surface area contributed by atoms with Crippen molar-refractivity contribution in [1.29, 1.82) is 0 Å². The Labute approximate surface area is 240 Å². The number of benzene rings is 1. The Hall–Kier alpha value is -4.30. The van der Waals surface area contributed by atoms with Crippen LogP contribution < -0.4 is 20.4 Å². The lowest BCUT2D eigenvalue weighted by atomic mass is 10.00. The first-order valence-electron chi connectivity index (χ1n) is 13.7. The van der Waals surface area contributed by atoms with Crippen molar-refractivity contribution >= 4 is 29.4 Å². The minimum absolute atomic E-state index is 0.190. The number of aromatic nitrogens is 3. The molecule has 1 aromatic carbocycles. The van der Waals surface area contributed by atoms with Crippen LogP contribution in [0.2, 0.25) is 0 Å². The number of aliphatic hydroxyl groups excluding tert-OH is 1. The largest absolute Gasteiger partial charge is 0.378 e. The monoisotopic (exact) mass is 553 g/mol. The molecule has 3 N–H and O–H groups in total. The topological polar surface area (TPSA) is 116 Å². The highest BCUT2D eigenvalue weighted by atomic mass is 16.5. The summed E-state index contributed by atoms with van der Waals surface area (Å²) < 4.78 is 5.48. The summed E-state index contributed by atoms with van der Waals surface area (Å²) in [4.78, 5) is 30.9. The highest BCUT2D eigenvalue weighted by molar-refractivity contribution is 5.94. The molecule has 10 nitrogen and oxygen atoms in total. The van der Waals surface area contributed by atoms with E-state index in [2.05, 4.69) is 27.4 Å². The maximum atomic E-state index is 12.6. The average molecular weight is 554 g/mol. The second-order valence-electron chi connectivity index (χ2n) is 10.2. The molecular formula is C31H35N7O3. The van der Waals surface area contributed by atoms with Crippen LogP contribution in [0.5, 0.6) is 0 Å². The molecule has 5 rings (SSSR count). The van der Waals surface area contributed by atoms with Crippen molar-refractivity contribution < 1.29 is 14.6 Å². The fourth-order valence-corrected chi connectivity index (χ4v) is 4.86. The van der Waals surface area contributed by atoms with E-state index in [1.54, 1.807) is 31.0 Å². The minimum atomic E-state index is -0.655. The molecular weight excluding hydrogens is 518 g/mol. The van der Waals surface area contributed by atoms with E-state index in [4.69, 9.17) is 19.7 Å². The maximum absolute atomic E-state index is 12.6. The normalized spacial score (nSPS) is 17.0. The van der Waals surface area contributed by atoms with Gasteiger partial charge in [0, 0.05) is 42.5 Å². The molecule has 3 aromatic rings. The Morgan fingerprint density at radius 1 is 1.10 bits per heavy atom. The van der Waals surface area contributed by atoms with Gasteiger partial charge in [-0.2, -0.15) is 0 Å². The first kappa shape index (κ1) is 28.2. The number of amides is 1. The molecule has 0 saturated carbocycles. The van der Waals surface area contributed by atoms with Gasteiger partial charge in [-0.1, -0.05) is 12.0 Å². The number of aryl methyl sites for hydroxylation is 2. The number of carbonyl (C=O) groups excluding carboxylic acids is 1. The van der Waals surface area contributed by atoms with E-state index in [-0.39, 0.29) is 11.9 Å². The van der Waals surface area contributed by atoms with Crippen molar-refractivity contribution in [1.82, 2.24) is 20.3 Å². The molecule has 2 unspecified atom stereocenters. The number of likely N-dealkylation sites (N-methyl/N-ethyl adjacent to an activating group) is 2. The third kappa shape index (κ3) is 6.07. The standard InChI is InChI=1S/C31H35N7O3/c1-19-29(20(2)34-31(33-19)38-14-16-41-17-15-38)24-9-12-27(36-30(40)21(3)32-4)35-25(24)10-6-22-7-11-26-23(18-22)8-13-28(39)37(26)5/h7-9,11-13,18,21,28,32,39H,14-17H2,1-5H3,(H,35,36,40). The zero-order valence-corrected chi connectivity index (χ0v) is 24.0. The summed E-state index contributed by atoms with van der Waals surface area (Å²) in [6.07, 6.45) is 2.98. The van der Waals surface area contributed by atoms with Crippen molar-refractivity contribution in [3.8, 4) is 23.0 Å². The zero-order valence-electron chi connectivity index (χ0n) is 24.0. The maximum Gasteiger partial charge on any atom is 0.242 e. The van der Waals surface area contributed by atoms with Gasteiger partial charge in [0.05, 0.1) is 30.6 Å². The second-order valence-corrected chi connectivity index (χ2v) is 10.2. The first-order chi connectivity index (χ1) is 19.7.